The fourth-order valence-corrected chi connectivity index (χ4v) is 3.72. The van der Waals surface area contributed by atoms with Gasteiger partial charge < -0.3 is 15.2 Å². The van der Waals surface area contributed by atoms with E-state index in [9.17, 15) is 23.9 Å². The van der Waals surface area contributed by atoms with Crippen molar-refractivity contribution < 1.29 is 19.0 Å². The third kappa shape index (κ3) is 4.96. The van der Waals surface area contributed by atoms with Crippen LogP contribution in [-0.2, 0) is 11.3 Å². The Kier molecular flexibility index (Phi) is 6.43. The standard InChI is InChI=1S/C23H22ClFN4O5/c1-12(2)34-19-8-7-15(9-17(19)25)26-21-27-22(32)29(18-10-16(18)20(30)31)23(33)28(21)11-13-3-5-14(24)6-4-13/h3-9,12,16,18H,10-11H2,1-2H3,(H,30,31)(H,26,27,32)/t16-,18?/m1/s1. The van der Waals surface area contributed by atoms with Gasteiger partial charge in [-0.2, -0.15) is 4.98 Å². The second kappa shape index (κ2) is 9.30. The summed E-state index contributed by atoms with van der Waals surface area (Å²) in [5, 5.41) is 12.6. The number of aliphatic carboxylic acids is 1. The number of hydrogen-bond donors (Lipinski definition) is 2. The van der Waals surface area contributed by atoms with E-state index in [1.165, 1.54) is 22.8 Å². The molecule has 1 heterocycles. The first-order valence-electron chi connectivity index (χ1n) is 10.6. The number of carboxylic acids is 1. The number of anilines is 2. The Labute approximate surface area is 198 Å². The molecular weight excluding hydrogens is 467 g/mol. The lowest BCUT2D eigenvalue weighted by molar-refractivity contribution is -0.138. The molecule has 1 fully saturated rings. The molecule has 1 unspecified atom stereocenters. The normalized spacial score (nSPS) is 17.0. The third-order valence-electron chi connectivity index (χ3n) is 5.31. The number of carbonyl (C=O) groups is 1. The van der Waals surface area contributed by atoms with E-state index in [-0.39, 0.29) is 36.5 Å². The van der Waals surface area contributed by atoms with E-state index in [4.69, 9.17) is 16.3 Å². The summed E-state index contributed by atoms with van der Waals surface area (Å²) in [7, 11) is 0. The van der Waals surface area contributed by atoms with E-state index in [1.54, 1.807) is 38.1 Å². The maximum absolute atomic E-state index is 14.5. The van der Waals surface area contributed by atoms with Gasteiger partial charge in [-0.05, 0) is 50.1 Å². The van der Waals surface area contributed by atoms with Gasteiger partial charge in [0.1, 0.15) is 0 Å². The molecule has 178 valence electrons. The third-order valence-corrected chi connectivity index (χ3v) is 5.56. The average Bonchev–Trinajstić information content (AvgIpc) is 3.55. The Hall–Kier alpha value is -3.66. The summed E-state index contributed by atoms with van der Waals surface area (Å²) in [5.41, 5.74) is -0.656. The van der Waals surface area contributed by atoms with Gasteiger partial charge in [-0.1, -0.05) is 23.7 Å². The molecule has 0 spiro atoms. The Morgan fingerprint density at radius 1 is 1.26 bits per heavy atom. The maximum atomic E-state index is 14.5. The van der Waals surface area contributed by atoms with Crippen molar-refractivity contribution in [3.05, 3.63) is 79.8 Å². The van der Waals surface area contributed by atoms with Crippen molar-refractivity contribution in [1.82, 2.24) is 14.1 Å². The van der Waals surface area contributed by atoms with Crippen LogP contribution < -0.4 is 21.4 Å². The van der Waals surface area contributed by atoms with E-state index in [0.29, 0.717) is 10.6 Å². The van der Waals surface area contributed by atoms with Gasteiger partial charge in [0.15, 0.2) is 11.6 Å². The summed E-state index contributed by atoms with van der Waals surface area (Å²) in [6, 6.07) is 10.1. The Morgan fingerprint density at radius 2 is 1.97 bits per heavy atom. The number of halogens is 2. The van der Waals surface area contributed by atoms with Crippen LogP contribution >= 0.6 is 11.6 Å². The minimum atomic E-state index is -1.08. The largest absolute Gasteiger partial charge is 0.488 e. The van der Waals surface area contributed by atoms with Crippen LogP contribution in [0.25, 0.3) is 0 Å². The lowest BCUT2D eigenvalue weighted by Gasteiger charge is -2.16. The molecule has 0 saturated heterocycles. The smallest absolute Gasteiger partial charge is 0.355 e. The first kappa shape index (κ1) is 23.5. The van der Waals surface area contributed by atoms with Crippen molar-refractivity contribution in [2.75, 3.05) is 5.32 Å². The van der Waals surface area contributed by atoms with Gasteiger partial charge in [-0.3, -0.25) is 9.36 Å². The van der Waals surface area contributed by atoms with Gasteiger partial charge in [0, 0.05) is 16.8 Å². The maximum Gasteiger partial charge on any atom is 0.355 e. The van der Waals surface area contributed by atoms with Crippen molar-refractivity contribution >= 4 is 29.2 Å². The fourth-order valence-electron chi connectivity index (χ4n) is 3.59. The molecule has 2 N–H and O–H groups in total. The highest BCUT2D eigenvalue weighted by molar-refractivity contribution is 6.30. The number of carboxylic acid groups (broad SMARTS) is 1. The van der Waals surface area contributed by atoms with Crippen LogP contribution in [0, 0.1) is 11.7 Å². The van der Waals surface area contributed by atoms with Gasteiger partial charge in [-0.25, -0.2) is 18.5 Å². The number of hydrogen-bond acceptors (Lipinski definition) is 6. The van der Waals surface area contributed by atoms with Crippen molar-refractivity contribution in [3.8, 4) is 5.75 Å². The minimum absolute atomic E-state index is 0.0209. The van der Waals surface area contributed by atoms with Crippen LogP contribution in [0.5, 0.6) is 5.75 Å². The van der Waals surface area contributed by atoms with Crippen LogP contribution in [0.15, 0.2) is 52.1 Å². The number of aromatic nitrogens is 3. The highest BCUT2D eigenvalue weighted by atomic mass is 35.5. The van der Waals surface area contributed by atoms with Crippen molar-refractivity contribution in [3.63, 3.8) is 0 Å². The lowest BCUT2D eigenvalue weighted by Crippen LogP contribution is -2.42. The molecule has 1 aliphatic rings. The summed E-state index contributed by atoms with van der Waals surface area (Å²) >= 11 is 5.95. The summed E-state index contributed by atoms with van der Waals surface area (Å²) in [6.07, 6.45) is -0.0493. The van der Waals surface area contributed by atoms with Crippen LogP contribution in [0.2, 0.25) is 5.02 Å². The Bertz CT molecular complexity index is 1350. The molecule has 4 rings (SSSR count). The number of nitrogens with zero attached hydrogens (tertiary/aromatic N) is 3. The summed E-state index contributed by atoms with van der Waals surface area (Å²) in [5.74, 6) is -2.57. The van der Waals surface area contributed by atoms with E-state index in [1.807, 2.05) is 0 Å². The molecule has 0 aliphatic heterocycles. The minimum Gasteiger partial charge on any atom is -0.488 e. The quantitative estimate of drug-likeness (QED) is 0.499. The molecule has 2 atom stereocenters. The number of nitrogens with one attached hydrogen (secondary N) is 1. The topological polar surface area (TPSA) is 115 Å². The molecule has 0 bridgehead atoms. The Balaban J connectivity index is 1.74. The van der Waals surface area contributed by atoms with E-state index in [0.717, 1.165) is 4.57 Å². The van der Waals surface area contributed by atoms with Gasteiger partial charge in [0.25, 0.3) is 0 Å². The van der Waals surface area contributed by atoms with Gasteiger partial charge in [-0.15, -0.1) is 0 Å². The summed E-state index contributed by atoms with van der Waals surface area (Å²) < 4.78 is 21.9. The first-order chi connectivity index (χ1) is 16.1. The Morgan fingerprint density at radius 3 is 2.56 bits per heavy atom. The van der Waals surface area contributed by atoms with Crippen molar-refractivity contribution in [2.45, 2.75) is 39.0 Å². The number of rotatable bonds is 8. The average molecular weight is 489 g/mol. The predicted molar refractivity (Wildman–Crippen MR) is 124 cm³/mol. The van der Waals surface area contributed by atoms with Crippen LogP contribution in [-0.4, -0.2) is 31.3 Å². The fraction of sp³-hybridized carbons (Fsp3) is 0.304. The highest BCUT2D eigenvalue weighted by Crippen LogP contribution is 2.41. The molecular formula is C23H22ClFN4O5. The molecule has 11 heteroatoms. The molecule has 0 amide bonds. The number of benzene rings is 2. The molecule has 1 aromatic heterocycles. The van der Waals surface area contributed by atoms with Crippen LogP contribution in [0.3, 0.4) is 0 Å². The van der Waals surface area contributed by atoms with Gasteiger partial charge in [0.2, 0.25) is 5.95 Å². The molecule has 0 radical (unpaired) electrons. The molecule has 3 aromatic rings. The van der Waals surface area contributed by atoms with Gasteiger partial charge >= 0.3 is 17.3 Å². The van der Waals surface area contributed by atoms with E-state index < -0.39 is 35.1 Å². The predicted octanol–water partition coefficient (Wildman–Crippen LogP) is 3.42. The molecule has 1 aliphatic carbocycles. The summed E-state index contributed by atoms with van der Waals surface area (Å²) in [4.78, 5) is 41.3. The second-order valence-electron chi connectivity index (χ2n) is 8.27. The van der Waals surface area contributed by atoms with Crippen LogP contribution in [0.4, 0.5) is 16.0 Å². The van der Waals surface area contributed by atoms with E-state index in [2.05, 4.69) is 10.3 Å². The molecule has 9 nitrogen and oxygen atoms in total. The van der Waals surface area contributed by atoms with Crippen molar-refractivity contribution in [1.29, 1.82) is 0 Å². The summed E-state index contributed by atoms with van der Waals surface area (Å²) in [6.45, 7) is 3.57. The monoisotopic (exact) mass is 488 g/mol. The molecule has 2 aromatic carbocycles. The highest BCUT2D eigenvalue weighted by Gasteiger charge is 2.47. The van der Waals surface area contributed by atoms with Gasteiger partial charge in [0.05, 0.1) is 24.6 Å². The van der Waals surface area contributed by atoms with E-state index >= 15 is 0 Å². The second-order valence-corrected chi connectivity index (χ2v) is 8.70. The zero-order valence-electron chi connectivity index (χ0n) is 18.4. The molecule has 1 saturated carbocycles. The zero-order chi connectivity index (χ0) is 24.6. The van der Waals surface area contributed by atoms with Crippen molar-refractivity contribution in [2.24, 2.45) is 5.92 Å². The lowest BCUT2D eigenvalue weighted by atomic mass is 10.2. The molecule has 34 heavy (non-hydrogen) atoms. The number of ether oxygens (including phenoxy) is 1. The SMILES string of the molecule is CC(C)Oc1ccc(Nc2nc(=O)n(C3C[C@H]3C(=O)O)c(=O)n2Cc2ccc(Cl)cc2)cc1F. The first-order valence-corrected chi connectivity index (χ1v) is 11.0. The van der Waals surface area contributed by atoms with Crippen LogP contribution in [0.1, 0.15) is 31.9 Å². The zero-order valence-corrected chi connectivity index (χ0v) is 19.1.